The molecule has 74 valence electrons. The maximum absolute atomic E-state index is 9.80. The van der Waals surface area contributed by atoms with Crippen LogP contribution in [0.2, 0.25) is 0 Å². The standard InChI is InChI=1S/C10H13N3O/c1-2-3-8(6-11)10(14)9-4-5-12-7-13-9/h4-5,7-8,10,14H,2-3H2,1H3. The zero-order valence-corrected chi connectivity index (χ0v) is 8.09. The van der Waals surface area contributed by atoms with E-state index in [0.717, 1.165) is 6.42 Å². The van der Waals surface area contributed by atoms with Gasteiger partial charge < -0.3 is 5.11 Å². The summed E-state index contributed by atoms with van der Waals surface area (Å²) in [6.45, 7) is 1.98. The second kappa shape index (κ2) is 5.30. The number of hydrogen-bond acceptors (Lipinski definition) is 4. The van der Waals surface area contributed by atoms with E-state index in [1.54, 1.807) is 12.3 Å². The van der Waals surface area contributed by atoms with Gasteiger partial charge in [0.1, 0.15) is 12.4 Å². The van der Waals surface area contributed by atoms with Crippen LogP contribution < -0.4 is 0 Å². The van der Waals surface area contributed by atoms with Gasteiger partial charge in [0, 0.05) is 6.20 Å². The first-order valence-electron chi connectivity index (χ1n) is 4.63. The fourth-order valence-electron chi connectivity index (χ4n) is 1.29. The topological polar surface area (TPSA) is 69.8 Å². The quantitative estimate of drug-likeness (QED) is 0.782. The predicted molar refractivity (Wildman–Crippen MR) is 51.0 cm³/mol. The number of nitriles is 1. The Hall–Kier alpha value is -1.47. The maximum atomic E-state index is 9.80. The first-order valence-corrected chi connectivity index (χ1v) is 4.63. The van der Waals surface area contributed by atoms with E-state index >= 15 is 0 Å². The Labute approximate surface area is 83.2 Å². The molecule has 0 aliphatic carbocycles. The van der Waals surface area contributed by atoms with Crippen molar-refractivity contribution in [1.29, 1.82) is 5.26 Å². The van der Waals surface area contributed by atoms with Crippen LogP contribution in [-0.4, -0.2) is 15.1 Å². The molecule has 4 heteroatoms. The second-order valence-corrected chi connectivity index (χ2v) is 3.10. The molecule has 0 aromatic carbocycles. The van der Waals surface area contributed by atoms with E-state index in [-0.39, 0.29) is 5.92 Å². The smallest absolute Gasteiger partial charge is 0.115 e. The SMILES string of the molecule is CCCC(C#N)C(O)c1ccncn1. The summed E-state index contributed by atoms with van der Waals surface area (Å²) in [5.74, 6) is -0.380. The average molecular weight is 191 g/mol. The minimum absolute atomic E-state index is 0.380. The molecule has 4 nitrogen and oxygen atoms in total. The van der Waals surface area contributed by atoms with Gasteiger partial charge in [0.2, 0.25) is 0 Å². The third kappa shape index (κ3) is 2.51. The number of aliphatic hydroxyl groups is 1. The number of rotatable bonds is 4. The molecule has 0 saturated heterocycles. The van der Waals surface area contributed by atoms with E-state index in [1.807, 2.05) is 6.92 Å². The summed E-state index contributed by atoms with van der Waals surface area (Å²) in [6.07, 6.45) is 3.69. The van der Waals surface area contributed by atoms with Gasteiger partial charge >= 0.3 is 0 Å². The summed E-state index contributed by atoms with van der Waals surface area (Å²) < 4.78 is 0. The molecule has 2 unspecified atom stereocenters. The monoisotopic (exact) mass is 191 g/mol. The van der Waals surface area contributed by atoms with Crippen molar-refractivity contribution in [2.24, 2.45) is 5.92 Å². The largest absolute Gasteiger partial charge is 0.385 e. The summed E-state index contributed by atoms with van der Waals surface area (Å²) >= 11 is 0. The molecule has 1 rings (SSSR count). The highest BCUT2D eigenvalue weighted by atomic mass is 16.3. The van der Waals surface area contributed by atoms with Crippen LogP contribution in [0.25, 0.3) is 0 Å². The van der Waals surface area contributed by atoms with Crippen molar-refractivity contribution in [3.8, 4) is 6.07 Å². The fourth-order valence-corrected chi connectivity index (χ4v) is 1.29. The molecule has 0 spiro atoms. The van der Waals surface area contributed by atoms with Crippen molar-refractivity contribution in [2.45, 2.75) is 25.9 Å². The second-order valence-electron chi connectivity index (χ2n) is 3.10. The molecule has 1 aromatic heterocycles. The highest BCUT2D eigenvalue weighted by molar-refractivity contribution is 5.07. The van der Waals surface area contributed by atoms with Gasteiger partial charge in [-0.25, -0.2) is 9.97 Å². The van der Waals surface area contributed by atoms with Crippen molar-refractivity contribution in [3.05, 3.63) is 24.3 Å². The van der Waals surface area contributed by atoms with Crippen LogP contribution in [0, 0.1) is 17.2 Å². The van der Waals surface area contributed by atoms with Crippen molar-refractivity contribution >= 4 is 0 Å². The molecule has 0 aliphatic rings. The maximum Gasteiger partial charge on any atom is 0.115 e. The molecule has 0 saturated carbocycles. The van der Waals surface area contributed by atoms with Crippen LogP contribution in [-0.2, 0) is 0 Å². The lowest BCUT2D eigenvalue weighted by molar-refractivity contribution is 0.125. The molecule has 1 aromatic rings. The van der Waals surface area contributed by atoms with Crippen molar-refractivity contribution in [3.63, 3.8) is 0 Å². The van der Waals surface area contributed by atoms with Crippen molar-refractivity contribution < 1.29 is 5.11 Å². The number of nitrogens with zero attached hydrogens (tertiary/aromatic N) is 3. The van der Waals surface area contributed by atoms with E-state index < -0.39 is 6.10 Å². The third-order valence-electron chi connectivity index (χ3n) is 2.05. The van der Waals surface area contributed by atoms with E-state index in [2.05, 4.69) is 16.0 Å². The van der Waals surface area contributed by atoms with Gasteiger partial charge in [-0.15, -0.1) is 0 Å². The van der Waals surface area contributed by atoms with Crippen LogP contribution in [0.4, 0.5) is 0 Å². The molecular weight excluding hydrogens is 178 g/mol. The lowest BCUT2D eigenvalue weighted by Crippen LogP contribution is -2.12. The summed E-state index contributed by atoms with van der Waals surface area (Å²) in [6, 6.07) is 3.72. The fraction of sp³-hybridized carbons (Fsp3) is 0.500. The van der Waals surface area contributed by atoms with Crippen LogP contribution >= 0.6 is 0 Å². The van der Waals surface area contributed by atoms with E-state index in [4.69, 9.17) is 5.26 Å². The molecule has 1 heterocycles. The lowest BCUT2D eigenvalue weighted by atomic mass is 9.96. The normalized spacial score (nSPS) is 14.4. The van der Waals surface area contributed by atoms with E-state index in [0.29, 0.717) is 12.1 Å². The molecule has 2 atom stereocenters. The Morgan fingerprint density at radius 2 is 2.43 bits per heavy atom. The summed E-state index contributed by atoms with van der Waals surface area (Å²) in [5, 5.41) is 18.6. The Morgan fingerprint density at radius 1 is 1.64 bits per heavy atom. The average Bonchev–Trinajstić information content (AvgIpc) is 2.26. The van der Waals surface area contributed by atoms with Gasteiger partial charge in [-0.05, 0) is 12.5 Å². The molecule has 0 bridgehead atoms. The molecule has 0 aliphatic heterocycles. The van der Waals surface area contributed by atoms with Gasteiger partial charge in [-0.1, -0.05) is 13.3 Å². The Balaban J connectivity index is 2.74. The zero-order chi connectivity index (χ0) is 10.4. The number of hydrogen-bond donors (Lipinski definition) is 1. The van der Waals surface area contributed by atoms with Gasteiger partial charge in [-0.2, -0.15) is 5.26 Å². The minimum Gasteiger partial charge on any atom is -0.385 e. The van der Waals surface area contributed by atoms with E-state index in [1.165, 1.54) is 6.33 Å². The number of aliphatic hydroxyl groups excluding tert-OH is 1. The summed E-state index contributed by atoms with van der Waals surface area (Å²) in [4.78, 5) is 7.67. The summed E-state index contributed by atoms with van der Waals surface area (Å²) in [7, 11) is 0. The number of aromatic nitrogens is 2. The Kier molecular flexibility index (Phi) is 4.02. The molecule has 0 fully saturated rings. The Morgan fingerprint density at radius 3 is 2.93 bits per heavy atom. The molecular formula is C10H13N3O. The van der Waals surface area contributed by atoms with Crippen LogP contribution in [0.15, 0.2) is 18.6 Å². The molecule has 0 amide bonds. The van der Waals surface area contributed by atoms with Crippen LogP contribution in [0.1, 0.15) is 31.6 Å². The minimum atomic E-state index is -0.803. The lowest BCUT2D eigenvalue weighted by Gasteiger charge is -2.14. The van der Waals surface area contributed by atoms with E-state index in [9.17, 15) is 5.11 Å². The van der Waals surface area contributed by atoms with Gasteiger partial charge in [0.15, 0.2) is 0 Å². The Bertz CT molecular complexity index is 307. The van der Waals surface area contributed by atoms with Crippen molar-refractivity contribution in [2.75, 3.05) is 0 Å². The van der Waals surface area contributed by atoms with Crippen LogP contribution in [0.3, 0.4) is 0 Å². The first-order chi connectivity index (χ1) is 6.79. The molecule has 14 heavy (non-hydrogen) atoms. The first kappa shape index (κ1) is 10.6. The molecule has 1 N–H and O–H groups in total. The van der Waals surface area contributed by atoms with Gasteiger partial charge in [0.05, 0.1) is 17.7 Å². The van der Waals surface area contributed by atoms with Crippen molar-refractivity contribution in [1.82, 2.24) is 9.97 Å². The highest BCUT2D eigenvalue weighted by Crippen LogP contribution is 2.22. The summed E-state index contributed by atoms with van der Waals surface area (Å²) in [5.41, 5.74) is 0.514. The molecule has 0 radical (unpaired) electrons. The third-order valence-corrected chi connectivity index (χ3v) is 2.05. The zero-order valence-electron chi connectivity index (χ0n) is 8.09. The van der Waals surface area contributed by atoms with Crippen LogP contribution in [0.5, 0.6) is 0 Å². The van der Waals surface area contributed by atoms with Gasteiger partial charge in [0.25, 0.3) is 0 Å². The predicted octanol–water partition coefficient (Wildman–Crippen LogP) is 1.45. The van der Waals surface area contributed by atoms with Gasteiger partial charge in [-0.3, -0.25) is 0 Å². The highest BCUT2D eigenvalue weighted by Gasteiger charge is 2.20.